The lowest BCUT2D eigenvalue weighted by Crippen LogP contribution is -2.26. The smallest absolute Gasteiger partial charge is 0.222 e. The van der Waals surface area contributed by atoms with E-state index in [1.165, 1.54) is 0 Å². The second kappa shape index (κ2) is 8.06. The summed E-state index contributed by atoms with van der Waals surface area (Å²) >= 11 is 0. The van der Waals surface area contributed by atoms with Gasteiger partial charge in [-0.05, 0) is 39.2 Å². The molecule has 1 aliphatic rings. The van der Waals surface area contributed by atoms with Crippen LogP contribution in [-0.2, 0) is 20.9 Å². The zero-order valence-electron chi connectivity index (χ0n) is 15.4. The van der Waals surface area contributed by atoms with Crippen LogP contribution in [0.4, 0.5) is 0 Å². The van der Waals surface area contributed by atoms with Crippen LogP contribution in [0.3, 0.4) is 0 Å². The molecule has 0 unspecified atom stereocenters. The molecule has 0 aromatic heterocycles. The van der Waals surface area contributed by atoms with Crippen molar-refractivity contribution in [3.63, 3.8) is 0 Å². The maximum absolute atomic E-state index is 12.4. The molecular weight excluding hydrogens is 314 g/mol. The van der Waals surface area contributed by atoms with Gasteiger partial charge >= 0.3 is 0 Å². The molecule has 132 valence electrons. The first-order valence-electron chi connectivity index (χ1n) is 8.57. The number of hydrogen-bond acceptors (Lipinski definition) is 3. The molecule has 0 N–H and O–H groups in total. The van der Waals surface area contributed by atoms with Gasteiger partial charge in [-0.3, -0.25) is 14.4 Å². The van der Waals surface area contributed by atoms with E-state index >= 15 is 0 Å². The molecular formula is C21H25NO3. The number of nitrogens with zero attached hydrogens (tertiary/aromatic N) is 1. The highest BCUT2D eigenvalue weighted by Gasteiger charge is 2.27. The Labute approximate surface area is 149 Å². The Morgan fingerprint density at radius 1 is 0.920 bits per heavy atom. The number of rotatable bonds is 6. The molecule has 0 bridgehead atoms. The van der Waals surface area contributed by atoms with Gasteiger partial charge in [0.2, 0.25) is 5.91 Å². The Hall–Kier alpha value is -2.49. The number of Topliss-reactive ketones (excluding diaryl/α,β-unsaturated/α-hetero) is 2. The van der Waals surface area contributed by atoms with Gasteiger partial charge in [0.1, 0.15) is 0 Å². The summed E-state index contributed by atoms with van der Waals surface area (Å²) in [6.07, 6.45) is 1.39. The van der Waals surface area contributed by atoms with Crippen molar-refractivity contribution < 1.29 is 14.4 Å². The van der Waals surface area contributed by atoms with E-state index in [1.807, 2.05) is 30.3 Å². The lowest BCUT2D eigenvalue weighted by atomic mass is 9.84. The predicted octanol–water partition coefficient (Wildman–Crippen LogP) is 3.62. The predicted molar refractivity (Wildman–Crippen MR) is 97.9 cm³/mol. The zero-order valence-corrected chi connectivity index (χ0v) is 15.4. The average Bonchev–Trinajstić information content (AvgIpc) is 2.61. The number of carbonyl (C=O) groups is 3. The maximum atomic E-state index is 12.4. The van der Waals surface area contributed by atoms with E-state index in [-0.39, 0.29) is 17.5 Å². The van der Waals surface area contributed by atoms with Gasteiger partial charge in [0, 0.05) is 42.3 Å². The van der Waals surface area contributed by atoms with Gasteiger partial charge in [0.05, 0.1) is 0 Å². The van der Waals surface area contributed by atoms with Crippen LogP contribution in [0.5, 0.6) is 0 Å². The SMILES string of the molecule is CC1=C(C)C(=O)C(CCCC(=O)N(C)Cc2ccccc2)=C(C)C1=O. The van der Waals surface area contributed by atoms with Crippen LogP contribution in [0.1, 0.15) is 45.6 Å². The van der Waals surface area contributed by atoms with Crippen LogP contribution in [0.25, 0.3) is 0 Å². The maximum Gasteiger partial charge on any atom is 0.222 e. The molecule has 0 atom stereocenters. The van der Waals surface area contributed by atoms with E-state index < -0.39 is 0 Å². The molecule has 0 aliphatic heterocycles. The van der Waals surface area contributed by atoms with Crippen LogP contribution >= 0.6 is 0 Å². The summed E-state index contributed by atoms with van der Waals surface area (Å²) in [6.45, 7) is 5.66. The van der Waals surface area contributed by atoms with Gasteiger partial charge in [-0.2, -0.15) is 0 Å². The summed E-state index contributed by atoms with van der Waals surface area (Å²) in [4.78, 5) is 38.5. The summed E-state index contributed by atoms with van der Waals surface area (Å²) in [5.74, 6) is -0.0700. The highest BCUT2D eigenvalue weighted by molar-refractivity contribution is 6.24. The Balaban J connectivity index is 1.91. The van der Waals surface area contributed by atoms with Crippen molar-refractivity contribution >= 4 is 17.5 Å². The van der Waals surface area contributed by atoms with Crippen LogP contribution < -0.4 is 0 Å². The van der Waals surface area contributed by atoms with Gasteiger partial charge in [-0.15, -0.1) is 0 Å². The van der Waals surface area contributed by atoms with Gasteiger partial charge in [0.15, 0.2) is 11.6 Å². The minimum atomic E-state index is -0.0559. The van der Waals surface area contributed by atoms with Crippen molar-refractivity contribution in [2.45, 2.75) is 46.6 Å². The molecule has 4 nitrogen and oxygen atoms in total. The third-order valence-corrected chi connectivity index (χ3v) is 4.82. The molecule has 0 spiro atoms. The van der Waals surface area contributed by atoms with Crippen LogP contribution in [-0.4, -0.2) is 29.4 Å². The third kappa shape index (κ3) is 4.32. The summed E-state index contributed by atoms with van der Waals surface area (Å²) in [5, 5.41) is 0. The molecule has 1 amide bonds. The fourth-order valence-electron chi connectivity index (χ4n) is 3.01. The first kappa shape index (κ1) is 18.8. The molecule has 0 saturated heterocycles. The fraction of sp³-hybridized carbons (Fsp3) is 0.381. The van der Waals surface area contributed by atoms with Crippen molar-refractivity contribution in [1.29, 1.82) is 0 Å². The molecule has 0 saturated carbocycles. The van der Waals surface area contributed by atoms with Gasteiger partial charge < -0.3 is 4.90 Å². The van der Waals surface area contributed by atoms with E-state index in [4.69, 9.17) is 0 Å². The van der Waals surface area contributed by atoms with Crippen molar-refractivity contribution in [3.05, 3.63) is 58.2 Å². The monoisotopic (exact) mass is 339 g/mol. The number of allylic oxidation sites excluding steroid dienone is 4. The fourth-order valence-corrected chi connectivity index (χ4v) is 3.01. The molecule has 1 aliphatic carbocycles. The topological polar surface area (TPSA) is 54.5 Å². The van der Waals surface area contributed by atoms with Crippen molar-refractivity contribution in [1.82, 2.24) is 4.90 Å². The lowest BCUT2D eigenvalue weighted by molar-refractivity contribution is -0.130. The second-order valence-electron chi connectivity index (χ2n) is 6.60. The molecule has 1 aromatic rings. The molecule has 1 aromatic carbocycles. The zero-order chi connectivity index (χ0) is 18.6. The second-order valence-corrected chi connectivity index (χ2v) is 6.60. The Morgan fingerprint density at radius 2 is 1.52 bits per heavy atom. The minimum absolute atomic E-state index is 0.0418. The van der Waals surface area contributed by atoms with Crippen LogP contribution in [0.2, 0.25) is 0 Å². The van der Waals surface area contributed by atoms with E-state index in [9.17, 15) is 14.4 Å². The van der Waals surface area contributed by atoms with E-state index in [1.54, 1.807) is 32.7 Å². The Kier molecular flexibility index (Phi) is 6.07. The molecule has 0 fully saturated rings. The summed E-state index contributed by atoms with van der Waals surface area (Å²) in [7, 11) is 1.78. The normalized spacial score (nSPS) is 15.0. The first-order valence-corrected chi connectivity index (χ1v) is 8.57. The number of benzene rings is 1. The molecule has 4 heteroatoms. The molecule has 25 heavy (non-hydrogen) atoms. The van der Waals surface area contributed by atoms with E-state index in [0.29, 0.717) is 48.1 Å². The van der Waals surface area contributed by atoms with E-state index in [2.05, 4.69) is 0 Å². The van der Waals surface area contributed by atoms with Crippen molar-refractivity contribution in [2.24, 2.45) is 0 Å². The summed E-state index contributed by atoms with van der Waals surface area (Å²) < 4.78 is 0. The molecule has 2 rings (SSSR count). The van der Waals surface area contributed by atoms with E-state index in [0.717, 1.165) is 5.56 Å². The van der Waals surface area contributed by atoms with Gasteiger partial charge in [-0.25, -0.2) is 0 Å². The highest BCUT2D eigenvalue weighted by Crippen LogP contribution is 2.27. The van der Waals surface area contributed by atoms with Gasteiger partial charge in [-0.1, -0.05) is 30.3 Å². The summed E-state index contributed by atoms with van der Waals surface area (Å²) in [6, 6.07) is 9.82. The van der Waals surface area contributed by atoms with Crippen LogP contribution in [0.15, 0.2) is 52.6 Å². The number of ketones is 2. The first-order chi connectivity index (χ1) is 11.8. The average molecular weight is 339 g/mol. The minimum Gasteiger partial charge on any atom is -0.341 e. The molecule has 0 radical (unpaired) electrons. The summed E-state index contributed by atoms with van der Waals surface area (Å²) in [5.41, 5.74) is 3.23. The standard InChI is InChI=1S/C21H25NO3/c1-14-15(2)21(25)18(16(3)20(14)24)11-8-12-19(23)22(4)13-17-9-6-5-7-10-17/h5-7,9-10H,8,11-13H2,1-4H3. The highest BCUT2D eigenvalue weighted by atomic mass is 16.2. The number of amides is 1. The largest absolute Gasteiger partial charge is 0.341 e. The molecule has 0 heterocycles. The van der Waals surface area contributed by atoms with Gasteiger partial charge in [0.25, 0.3) is 0 Å². The lowest BCUT2D eigenvalue weighted by Gasteiger charge is -2.20. The number of hydrogen-bond donors (Lipinski definition) is 0. The number of carbonyl (C=O) groups excluding carboxylic acids is 3. The van der Waals surface area contributed by atoms with Crippen LogP contribution in [0, 0.1) is 0 Å². The van der Waals surface area contributed by atoms with Crippen molar-refractivity contribution in [3.8, 4) is 0 Å². The quantitative estimate of drug-likeness (QED) is 0.744. The Bertz CT molecular complexity index is 757. The third-order valence-electron chi connectivity index (χ3n) is 4.82. The Morgan fingerprint density at radius 3 is 2.16 bits per heavy atom. The van der Waals surface area contributed by atoms with Crippen molar-refractivity contribution in [2.75, 3.05) is 7.05 Å².